The van der Waals surface area contributed by atoms with Crippen molar-refractivity contribution in [1.82, 2.24) is 14.8 Å². The van der Waals surface area contributed by atoms with E-state index in [1.165, 1.54) is 38.5 Å². The van der Waals surface area contributed by atoms with Gasteiger partial charge in [0.25, 0.3) is 0 Å². The summed E-state index contributed by atoms with van der Waals surface area (Å²) in [5.74, 6) is 3.08. The van der Waals surface area contributed by atoms with Crippen LogP contribution < -0.4 is 0 Å². The molecule has 0 unspecified atom stereocenters. The fourth-order valence-corrected chi connectivity index (χ4v) is 2.49. The van der Waals surface area contributed by atoms with Crippen molar-refractivity contribution < 1.29 is 0 Å². The Hall–Kier alpha value is -0.570. The Labute approximate surface area is 122 Å². The molecule has 0 aliphatic rings. The quantitative estimate of drug-likeness (QED) is 0.465. The molecule has 0 amide bonds. The van der Waals surface area contributed by atoms with E-state index in [-0.39, 0.29) is 0 Å². The van der Waals surface area contributed by atoms with Gasteiger partial charge in [-0.15, -0.1) is 21.8 Å². The molecule has 0 saturated heterocycles. The number of aryl methyl sites for hydroxylation is 1. The van der Waals surface area contributed by atoms with Crippen LogP contribution in [0.15, 0.2) is 0 Å². The van der Waals surface area contributed by atoms with E-state index in [4.69, 9.17) is 11.6 Å². The molecule has 3 nitrogen and oxygen atoms in total. The van der Waals surface area contributed by atoms with E-state index in [0.717, 1.165) is 24.6 Å². The number of unbranched alkanes of at least 4 members (excludes halogenated alkanes) is 5. The summed E-state index contributed by atoms with van der Waals surface area (Å²) in [6.07, 6.45) is 8.91. The van der Waals surface area contributed by atoms with E-state index in [9.17, 15) is 0 Å². The van der Waals surface area contributed by atoms with Crippen molar-refractivity contribution in [3.8, 4) is 0 Å². The topological polar surface area (TPSA) is 30.7 Å². The fourth-order valence-electron chi connectivity index (χ4n) is 2.30. The summed E-state index contributed by atoms with van der Waals surface area (Å²) in [4.78, 5) is 0. The Morgan fingerprint density at radius 1 is 1.00 bits per heavy atom. The van der Waals surface area contributed by atoms with E-state index in [0.29, 0.717) is 11.8 Å². The van der Waals surface area contributed by atoms with Gasteiger partial charge in [0, 0.05) is 13.0 Å². The van der Waals surface area contributed by atoms with Crippen molar-refractivity contribution in [2.45, 2.75) is 78.1 Å². The fraction of sp³-hybridized carbons (Fsp3) is 0.867. The lowest BCUT2D eigenvalue weighted by Crippen LogP contribution is -2.11. The van der Waals surface area contributed by atoms with Crippen molar-refractivity contribution in [1.29, 1.82) is 0 Å². The lowest BCUT2D eigenvalue weighted by atomic mass is 10.1. The third-order valence-corrected chi connectivity index (χ3v) is 3.56. The Morgan fingerprint density at radius 2 is 1.63 bits per heavy atom. The first-order valence-electron chi connectivity index (χ1n) is 7.66. The summed E-state index contributed by atoms with van der Waals surface area (Å²) in [6, 6.07) is 0. The normalized spacial score (nSPS) is 11.4. The minimum absolute atomic E-state index is 0.455. The minimum Gasteiger partial charge on any atom is -0.314 e. The highest BCUT2D eigenvalue weighted by atomic mass is 35.5. The number of halogens is 1. The summed E-state index contributed by atoms with van der Waals surface area (Å²) >= 11 is 5.92. The summed E-state index contributed by atoms with van der Waals surface area (Å²) in [5, 5.41) is 8.50. The molecule has 0 fully saturated rings. The van der Waals surface area contributed by atoms with Crippen molar-refractivity contribution >= 4 is 11.6 Å². The van der Waals surface area contributed by atoms with Crippen LogP contribution >= 0.6 is 11.6 Å². The predicted molar refractivity (Wildman–Crippen MR) is 81.5 cm³/mol. The highest BCUT2D eigenvalue weighted by Gasteiger charge is 2.11. The molecule has 1 aromatic heterocycles. The van der Waals surface area contributed by atoms with Crippen LogP contribution in [0.25, 0.3) is 0 Å². The molecule has 1 heterocycles. The third-order valence-electron chi connectivity index (χ3n) is 3.33. The van der Waals surface area contributed by atoms with Gasteiger partial charge < -0.3 is 4.57 Å². The second-order valence-electron chi connectivity index (χ2n) is 5.69. The first-order chi connectivity index (χ1) is 9.19. The second-order valence-corrected chi connectivity index (χ2v) is 5.96. The average Bonchev–Trinajstić information content (AvgIpc) is 2.75. The van der Waals surface area contributed by atoms with E-state index in [1.807, 2.05) is 0 Å². The van der Waals surface area contributed by atoms with E-state index < -0.39 is 0 Å². The van der Waals surface area contributed by atoms with Gasteiger partial charge in [-0.05, 0) is 12.3 Å². The molecule has 19 heavy (non-hydrogen) atoms. The molecule has 0 atom stereocenters. The molecule has 1 aromatic rings. The van der Waals surface area contributed by atoms with E-state index >= 15 is 0 Å². The molecule has 0 bridgehead atoms. The Morgan fingerprint density at radius 3 is 2.26 bits per heavy atom. The van der Waals surface area contributed by atoms with Crippen LogP contribution in [0.3, 0.4) is 0 Å². The lowest BCUT2D eigenvalue weighted by Gasteiger charge is -2.11. The molecule has 0 aromatic carbocycles. The van der Waals surface area contributed by atoms with Crippen LogP contribution in [0.2, 0.25) is 0 Å². The third kappa shape index (κ3) is 5.94. The van der Waals surface area contributed by atoms with Crippen molar-refractivity contribution in [3.05, 3.63) is 11.6 Å². The van der Waals surface area contributed by atoms with Crippen LogP contribution in [0.1, 0.15) is 70.9 Å². The SMILES string of the molecule is CCCCCCCCc1nnc(CCl)n1CC(C)C. The van der Waals surface area contributed by atoms with Crippen molar-refractivity contribution in [2.75, 3.05) is 0 Å². The van der Waals surface area contributed by atoms with Crippen molar-refractivity contribution in [3.63, 3.8) is 0 Å². The molecule has 0 aliphatic heterocycles. The van der Waals surface area contributed by atoms with Gasteiger partial charge in [-0.25, -0.2) is 0 Å². The molecule has 0 radical (unpaired) electrons. The number of alkyl halides is 1. The van der Waals surface area contributed by atoms with Crippen LogP contribution in [-0.2, 0) is 18.8 Å². The van der Waals surface area contributed by atoms with Gasteiger partial charge in [-0.1, -0.05) is 52.9 Å². The molecular weight excluding hydrogens is 258 g/mol. The van der Waals surface area contributed by atoms with Gasteiger partial charge in [-0.2, -0.15) is 0 Å². The maximum atomic E-state index is 5.92. The van der Waals surface area contributed by atoms with Crippen LogP contribution in [-0.4, -0.2) is 14.8 Å². The first-order valence-corrected chi connectivity index (χ1v) is 8.19. The number of hydrogen-bond donors (Lipinski definition) is 0. The Kier molecular flexibility index (Phi) is 8.11. The summed E-state index contributed by atoms with van der Waals surface area (Å²) in [7, 11) is 0. The van der Waals surface area contributed by atoms with E-state index in [1.54, 1.807) is 0 Å². The highest BCUT2D eigenvalue weighted by Crippen LogP contribution is 2.13. The Bertz CT molecular complexity index is 347. The van der Waals surface area contributed by atoms with Gasteiger partial charge in [0.05, 0.1) is 5.88 Å². The maximum Gasteiger partial charge on any atom is 0.147 e. The van der Waals surface area contributed by atoms with Crippen LogP contribution in [0.4, 0.5) is 0 Å². The number of aromatic nitrogens is 3. The zero-order valence-corrected chi connectivity index (χ0v) is 13.4. The monoisotopic (exact) mass is 285 g/mol. The number of nitrogens with zero attached hydrogens (tertiary/aromatic N) is 3. The molecule has 110 valence electrons. The molecule has 1 rings (SSSR count). The predicted octanol–water partition coefficient (Wildman–Crippen LogP) is 4.58. The minimum atomic E-state index is 0.455. The molecular formula is C15H28ClN3. The zero-order valence-electron chi connectivity index (χ0n) is 12.7. The molecule has 0 N–H and O–H groups in total. The van der Waals surface area contributed by atoms with Crippen molar-refractivity contribution in [2.24, 2.45) is 5.92 Å². The average molecular weight is 286 g/mol. The van der Waals surface area contributed by atoms with Gasteiger partial charge in [0.1, 0.15) is 11.6 Å². The Balaban J connectivity index is 2.42. The van der Waals surface area contributed by atoms with Gasteiger partial charge in [-0.3, -0.25) is 0 Å². The molecule has 4 heteroatoms. The maximum absolute atomic E-state index is 5.92. The standard InChI is InChI=1S/C15H28ClN3/c1-4-5-6-7-8-9-10-14-17-18-15(11-16)19(14)12-13(2)3/h13H,4-12H2,1-3H3. The molecule has 0 saturated carbocycles. The summed E-state index contributed by atoms with van der Waals surface area (Å²) < 4.78 is 2.21. The number of rotatable bonds is 10. The molecule has 0 aliphatic carbocycles. The smallest absolute Gasteiger partial charge is 0.147 e. The van der Waals surface area contributed by atoms with E-state index in [2.05, 4.69) is 35.5 Å². The zero-order chi connectivity index (χ0) is 14.1. The van der Waals surface area contributed by atoms with Gasteiger partial charge in [0.2, 0.25) is 0 Å². The lowest BCUT2D eigenvalue weighted by molar-refractivity contribution is 0.490. The van der Waals surface area contributed by atoms with Gasteiger partial charge in [0.15, 0.2) is 0 Å². The first kappa shape index (κ1) is 16.5. The summed E-state index contributed by atoms with van der Waals surface area (Å²) in [6.45, 7) is 7.65. The summed E-state index contributed by atoms with van der Waals surface area (Å²) in [5.41, 5.74) is 0. The largest absolute Gasteiger partial charge is 0.314 e. The highest BCUT2D eigenvalue weighted by molar-refractivity contribution is 6.16. The van der Waals surface area contributed by atoms with Crippen LogP contribution in [0, 0.1) is 5.92 Å². The molecule has 0 spiro atoms. The second kappa shape index (κ2) is 9.35. The van der Waals surface area contributed by atoms with Crippen LogP contribution in [0.5, 0.6) is 0 Å². The number of hydrogen-bond acceptors (Lipinski definition) is 2. The van der Waals surface area contributed by atoms with Gasteiger partial charge >= 0.3 is 0 Å².